The molecule has 0 aliphatic heterocycles. The second kappa shape index (κ2) is 9.11. The Kier molecular flexibility index (Phi) is 7.38. The van der Waals surface area contributed by atoms with Crippen LogP contribution in [0.25, 0.3) is 0 Å². The minimum atomic E-state index is -0.448. The van der Waals surface area contributed by atoms with Gasteiger partial charge < -0.3 is 19.5 Å². The number of ether oxygens (including phenoxy) is 3. The Morgan fingerprint density at radius 2 is 2.05 bits per heavy atom. The zero-order valence-corrected chi connectivity index (χ0v) is 11.8. The van der Waals surface area contributed by atoms with E-state index in [1.165, 1.54) is 7.11 Å². The maximum atomic E-state index is 11.1. The fourth-order valence-corrected chi connectivity index (χ4v) is 1.66. The maximum Gasteiger partial charge on any atom is 0.333 e. The van der Waals surface area contributed by atoms with Crippen LogP contribution in [0.5, 0.6) is 5.75 Å². The lowest BCUT2D eigenvalue weighted by molar-refractivity contribution is -0.384. The molecule has 0 radical (unpaired) electrons. The van der Waals surface area contributed by atoms with Gasteiger partial charge in [-0.15, -0.1) is 0 Å². The van der Waals surface area contributed by atoms with E-state index in [0.717, 1.165) is 6.42 Å². The van der Waals surface area contributed by atoms with Gasteiger partial charge in [-0.05, 0) is 18.6 Å². The third-order valence-electron chi connectivity index (χ3n) is 2.61. The van der Waals surface area contributed by atoms with Gasteiger partial charge >= 0.3 is 5.69 Å². The summed E-state index contributed by atoms with van der Waals surface area (Å²) in [6.07, 6.45) is 0.748. The molecule has 7 nitrogen and oxygen atoms in total. The van der Waals surface area contributed by atoms with Gasteiger partial charge in [0.2, 0.25) is 0 Å². The highest BCUT2D eigenvalue weighted by Gasteiger charge is 2.19. The molecule has 20 heavy (non-hydrogen) atoms. The van der Waals surface area contributed by atoms with E-state index in [0.29, 0.717) is 32.1 Å². The van der Waals surface area contributed by atoms with Gasteiger partial charge in [-0.3, -0.25) is 10.1 Å². The highest BCUT2D eigenvalue weighted by atomic mass is 16.6. The highest BCUT2D eigenvalue weighted by molar-refractivity contribution is 5.68. The quantitative estimate of drug-likeness (QED) is 0.402. The summed E-state index contributed by atoms with van der Waals surface area (Å²) >= 11 is 0. The molecule has 1 aromatic carbocycles. The summed E-state index contributed by atoms with van der Waals surface area (Å²) in [5.74, 6) is 0.247. The predicted octanol–water partition coefficient (Wildman–Crippen LogP) is 2.07. The van der Waals surface area contributed by atoms with Gasteiger partial charge in [-0.2, -0.15) is 0 Å². The summed E-state index contributed by atoms with van der Waals surface area (Å²) in [6, 6.07) is 4.94. The van der Waals surface area contributed by atoms with Crippen molar-refractivity contribution in [3.63, 3.8) is 0 Å². The normalized spacial score (nSPS) is 10.3. The monoisotopic (exact) mass is 284 g/mol. The molecule has 7 heteroatoms. The molecule has 1 N–H and O–H groups in total. The Labute approximate surface area is 118 Å². The molecule has 0 atom stereocenters. The second-order valence-electron chi connectivity index (χ2n) is 4.00. The van der Waals surface area contributed by atoms with E-state index in [2.05, 4.69) is 5.32 Å². The number of methoxy groups -OCH3 is 2. The number of nitrogens with one attached hydrogen (secondary N) is 1. The van der Waals surface area contributed by atoms with E-state index < -0.39 is 4.92 Å². The number of para-hydroxylation sites is 1. The van der Waals surface area contributed by atoms with Gasteiger partial charge in [0.25, 0.3) is 0 Å². The molecule has 1 rings (SSSR count). The van der Waals surface area contributed by atoms with Crippen LogP contribution in [0.15, 0.2) is 18.2 Å². The van der Waals surface area contributed by atoms with Gasteiger partial charge in [-0.1, -0.05) is 6.07 Å². The molecule has 0 heterocycles. The molecule has 0 saturated heterocycles. The molecule has 1 aromatic rings. The lowest BCUT2D eigenvalue weighted by atomic mass is 10.2. The molecule has 0 bridgehead atoms. The zero-order valence-electron chi connectivity index (χ0n) is 11.8. The molecule has 112 valence electrons. The van der Waals surface area contributed by atoms with E-state index in [4.69, 9.17) is 14.2 Å². The largest absolute Gasteiger partial charge is 0.490 e. The van der Waals surface area contributed by atoms with Crippen LogP contribution in [0.3, 0.4) is 0 Å². The third-order valence-corrected chi connectivity index (χ3v) is 2.61. The Hall–Kier alpha value is -1.86. The molecular weight excluding hydrogens is 264 g/mol. The van der Waals surface area contributed by atoms with Crippen LogP contribution in [-0.2, 0) is 9.47 Å². The minimum absolute atomic E-state index is 0.0460. The average molecular weight is 284 g/mol. The Bertz CT molecular complexity index is 425. The molecule has 0 aliphatic carbocycles. The first-order valence-corrected chi connectivity index (χ1v) is 6.32. The van der Waals surface area contributed by atoms with E-state index >= 15 is 0 Å². The first-order chi connectivity index (χ1) is 9.70. The number of anilines is 1. The second-order valence-corrected chi connectivity index (χ2v) is 4.00. The first kappa shape index (κ1) is 16.2. The topological polar surface area (TPSA) is 82.9 Å². The molecule has 0 amide bonds. The predicted molar refractivity (Wildman–Crippen MR) is 75.5 cm³/mol. The van der Waals surface area contributed by atoms with Crippen LogP contribution in [0.2, 0.25) is 0 Å². The summed E-state index contributed by atoms with van der Waals surface area (Å²) < 4.78 is 15.2. The van der Waals surface area contributed by atoms with Gasteiger partial charge in [-0.25, -0.2) is 0 Å². The van der Waals surface area contributed by atoms with Crippen LogP contribution in [0.1, 0.15) is 6.42 Å². The van der Waals surface area contributed by atoms with Crippen molar-refractivity contribution in [3.8, 4) is 5.75 Å². The number of rotatable bonds is 10. The van der Waals surface area contributed by atoms with Crippen molar-refractivity contribution in [2.24, 2.45) is 0 Å². The van der Waals surface area contributed by atoms with Crippen LogP contribution < -0.4 is 10.1 Å². The number of nitro groups is 1. The number of hydrogen-bond acceptors (Lipinski definition) is 6. The summed E-state index contributed by atoms with van der Waals surface area (Å²) in [6.45, 7) is 2.28. The molecular formula is C13H20N2O5. The fourth-order valence-electron chi connectivity index (χ4n) is 1.66. The van der Waals surface area contributed by atoms with Crippen molar-refractivity contribution in [3.05, 3.63) is 28.3 Å². The lowest BCUT2D eigenvalue weighted by Crippen LogP contribution is -2.09. The SMILES string of the molecule is COCCOCCCNc1cccc(OC)c1[N+](=O)[O-]. The molecule has 0 aromatic heterocycles. The van der Waals surface area contributed by atoms with E-state index in [1.54, 1.807) is 25.3 Å². The van der Waals surface area contributed by atoms with Gasteiger partial charge in [0.15, 0.2) is 5.75 Å². The smallest absolute Gasteiger partial charge is 0.333 e. The first-order valence-electron chi connectivity index (χ1n) is 6.32. The number of nitrogens with zero attached hydrogens (tertiary/aromatic N) is 1. The Balaban J connectivity index is 2.45. The molecule has 0 spiro atoms. The van der Waals surface area contributed by atoms with Crippen molar-refractivity contribution in [1.29, 1.82) is 0 Å². The molecule has 0 aliphatic rings. The maximum absolute atomic E-state index is 11.1. The van der Waals surface area contributed by atoms with Gasteiger partial charge in [0.1, 0.15) is 5.69 Å². The van der Waals surface area contributed by atoms with Crippen molar-refractivity contribution in [2.75, 3.05) is 45.9 Å². The van der Waals surface area contributed by atoms with Crippen LogP contribution in [0.4, 0.5) is 11.4 Å². The molecule has 0 saturated carbocycles. The zero-order chi connectivity index (χ0) is 14.8. The van der Waals surface area contributed by atoms with Crippen molar-refractivity contribution >= 4 is 11.4 Å². The van der Waals surface area contributed by atoms with Crippen molar-refractivity contribution < 1.29 is 19.1 Å². The standard InChI is InChI=1S/C13H20N2O5/c1-18-9-10-20-8-4-7-14-11-5-3-6-12(19-2)13(11)15(16)17/h3,5-6,14H,4,7-10H2,1-2H3. The number of nitro benzene ring substituents is 1. The Morgan fingerprint density at radius 3 is 2.70 bits per heavy atom. The number of hydrogen-bond donors (Lipinski definition) is 1. The van der Waals surface area contributed by atoms with Gasteiger partial charge in [0.05, 0.1) is 25.2 Å². The number of benzene rings is 1. The van der Waals surface area contributed by atoms with E-state index in [9.17, 15) is 10.1 Å². The summed E-state index contributed by atoms with van der Waals surface area (Å²) in [7, 11) is 3.03. The van der Waals surface area contributed by atoms with Crippen LogP contribution >= 0.6 is 0 Å². The van der Waals surface area contributed by atoms with E-state index in [-0.39, 0.29) is 11.4 Å². The van der Waals surface area contributed by atoms with Gasteiger partial charge in [0, 0.05) is 20.3 Å². The summed E-state index contributed by atoms with van der Waals surface area (Å²) in [4.78, 5) is 10.6. The lowest BCUT2D eigenvalue weighted by Gasteiger charge is -2.09. The highest BCUT2D eigenvalue weighted by Crippen LogP contribution is 2.34. The Morgan fingerprint density at radius 1 is 1.25 bits per heavy atom. The van der Waals surface area contributed by atoms with Crippen molar-refractivity contribution in [1.82, 2.24) is 0 Å². The summed E-state index contributed by atoms with van der Waals surface area (Å²) in [5.41, 5.74) is 0.404. The van der Waals surface area contributed by atoms with E-state index in [1.807, 2.05) is 0 Å². The van der Waals surface area contributed by atoms with Crippen LogP contribution in [0, 0.1) is 10.1 Å². The third kappa shape index (κ3) is 5.02. The van der Waals surface area contributed by atoms with Crippen LogP contribution in [-0.4, -0.2) is 45.5 Å². The fraction of sp³-hybridized carbons (Fsp3) is 0.538. The van der Waals surface area contributed by atoms with Crippen molar-refractivity contribution in [2.45, 2.75) is 6.42 Å². The molecule has 0 unspecified atom stereocenters. The summed E-state index contributed by atoms with van der Waals surface area (Å²) in [5, 5.41) is 14.1. The minimum Gasteiger partial charge on any atom is -0.490 e. The average Bonchev–Trinajstić information content (AvgIpc) is 2.45. The molecule has 0 fully saturated rings.